The van der Waals surface area contributed by atoms with Gasteiger partial charge in [0.2, 0.25) is 0 Å². The van der Waals surface area contributed by atoms with Crippen LogP contribution in [0.15, 0.2) is 24.3 Å². The molecule has 0 unspecified atom stereocenters. The van der Waals surface area contributed by atoms with E-state index in [0.29, 0.717) is 5.92 Å². The summed E-state index contributed by atoms with van der Waals surface area (Å²) in [6, 6.07) is 8.45. The van der Waals surface area contributed by atoms with Crippen LogP contribution < -0.4 is 5.32 Å². The fourth-order valence-corrected chi connectivity index (χ4v) is 5.60. The summed E-state index contributed by atoms with van der Waals surface area (Å²) >= 11 is 3.75. The van der Waals surface area contributed by atoms with Crippen molar-refractivity contribution in [2.75, 3.05) is 25.5 Å². The summed E-state index contributed by atoms with van der Waals surface area (Å²) in [5, 5.41) is 6.17. The molecule has 0 spiro atoms. The number of aromatic nitrogens is 1. The van der Waals surface area contributed by atoms with Crippen LogP contribution in [-0.2, 0) is 13.0 Å². The maximum atomic E-state index is 4.94. The highest BCUT2D eigenvalue weighted by atomic mass is 32.1. The lowest BCUT2D eigenvalue weighted by atomic mass is 10.0. The van der Waals surface area contributed by atoms with Gasteiger partial charge in [0.05, 0.1) is 15.2 Å². The van der Waals surface area contributed by atoms with Gasteiger partial charge in [0, 0.05) is 30.1 Å². The Kier molecular flexibility index (Phi) is 4.33. The molecule has 0 atom stereocenters. The minimum Gasteiger partial charge on any atom is -0.376 e. The molecule has 5 heteroatoms. The Labute approximate surface area is 151 Å². The molecule has 0 saturated heterocycles. The van der Waals surface area contributed by atoms with Gasteiger partial charge in [-0.05, 0) is 37.1 Å². The number of para-hydroxylation sites is 1. The van der Waals surface area contributed by atoms with E-state index in [0.717, 1.165) is 31.6 Å². The number of hydrogen-bond donors (Lipinski definition) is 1. The van der Waals surface area contributed by atoms with Gasteiger partial charge in [0.25, 0.3) is 0 Å². The van der Waals surface area contributed by atoms with Crippen molar-refractivity contribution in [1.82, 2.24) is 9.88 Å². The Morgan fingerprint density at radius 2 is 2.08 bits per heavy atom. The Hall–Kier alpha value is -1.43. The summed E-state index contributed by atoms with van der Waals surface area (Å²) in [5.41, 5.74) is 3.99. The first-order chi connectivity index (χ1) is 11.6. The molecule has 3 heterocycles. The number of benzene rings is 1. The summed E-state index contributed by atoms with van der Waals surface area (Å²) in [6.07, 6.45) is 1.12. The third kappa shape index (κ3) is 2.96. The van der Waals surface area contributed by atoms with Crippen molar-refractivity contribution < 1.29 is 0 Å². The van der Waals surface area contributed by atoms with Gasteiger partial charge in [-0.1, -0.05) is 26.0 Å². The molecular formula is C19H23N3S2. The number of hydrogen-bond acceptors (Lipinski definition) is 5. The molecule has 0 bridgehead atoms. The van der Waals surface area contributed by atoms with Crippen LogP contribution in [0.1, 0.15) is 24.3 Å². The van der Waals surface area contributed by atoms with E-state index in [4.69, 9.17) is 4.98 Å². The summed E-state index contributed by atoms with van der Waals surface area (Å²) in [7, 11) is 2.21. The Morgan fingerprint density at radius 3 is 2.88 bits per heavy atom. The van der Waals surface area contributed by atoms with Crippen molar-refractivity contribution in [1.29, 1.82) is 0 Å². The third-order valence-corrected chi connectivity index (χ3v) is 6.65. The number of rotatable bonds is 4. The summed E-state index contributed by atoms with van der Waals surface area (Å²) in [4.78, 5) is 8.86. The van der Waals surface area contributed by atoms with Gasteiger partial charge < -0.3 is 10.2 Å². The Bertz CT molecular complexity index is 830. The lowest BCUT2D eigenvalue weighted by Crippen LogP contribution is -2.25. The van der Waals surface area contributed by atoms with Gasteiger partial charge in [-0.2, -0.15) is 0 Å². The molecule has 24 heavy (non-hydrogen) atoms. The van der Waals surface area contributed by atoms with Crippen LogP contribution in [0.5, 0.6) is 0 Å². The van der Waals surface area contributed by atoms with Crippen LogP contribution in [0.25, 0.3) is 20.8 Å². The zero-order valence-corrected chi connectivity index (χ0v) is 16.1. The number of nitrogens with zero attached hydrogens (tertiary/aromatic N) is 2. The van der Waals surface area contributed by atoms with Gasteiger partial charge in [0.1, 0.15) is 5.01 Å². The highest BCUT2D eigenvalue weighted by Crippen LogP contribution is 2.45. The number of anilines is 1. The molecule has 2 aromatic heterocycles. The summed E-state index contributed by atoms with van der Waals surface area (Å²) < 4.78 is 1.27. The molecule has 1 aliphatic heterocycles. The van der Waals surface area contributed by atoms with Crippen molar-refractivity contribution in [3.8, 4) is 10.6 Å². The average Bonchev–Trinajstić information content (AvgIpc) is 3.12. The number of fused-ring (bicyclic) bond motifs is 2. The fraction of sp³-hybridized carbons (Fsp3) is 0.421. The SMILES string of the molecule is CC(C)CNc1sc2c(c1-c1nc3ccccc3s1)CCN(C)C2. The van der Waals surface area contributed by atoms with Crippen LogP contribution in [0.3, 0.4) is 0 Å². The largest absolute Gasteiger partial charge is 0.376 e. The minimum absolute atomic E-state index is 0.634. The first-order valence-electron chi connectivity index (χ1n) is 8.54. The van der Waals surface area contributed by atoms with E-state index in [1.807, 2.05) is 22.7 Å². The number of nitrogens with one attached hydrogen (secondary N) is 1. The molecule has 1 N–H and O–H groups in total. The standard InChI is InChI=1S/C19H23N3S2/c1-12(2)10-20-18-17(13-8-9-22(3)11-16(13)24-18)19-21-14-6-4-5-7-15(14)23-19/h4-7,12,20H,8-11H2,1-3H3. The molecule has 0 saturated carbocycles. The molecule has 3 nitrogen and oxygen atoms in total. The maximum absolute atomic E-state index is 4.94. The van der Waals surface area contributed by atoms with Crippen LogP contribution in [0, 0.1) is 5.92 Å². The van der Waals surface area contributed by atoms with Gasteiger partial charge in [-0.3, -0.25) is 0 Å². The second kappa shape index (κ2) is 6.47. The molecule has 0 radical (unpaired) electrons. The molecule has 3 aromatic rings. The van der Waals surface area contributed by atoms with E-state index >= 15 is 0 Å². The van der Waals surface area contributed by atoms with Crippen LogP contribution in [0.4, 0.5) is 5.00 Å². The smallest absolute Gasteiger partial charge is 0.127 e. The molecule has 126 valence electrons. The predicted molar refractivity (Wildman–Crippen MR) is 106 cm³/mol. The average molecular weight is 358 g/mol. The number of thiazole rings is 1. The van der Waals surface area contributed by atoms with Gasteiger partial charge >= 0.3 is 0 Å². The zero-order valence-electron chi connectivity index (χ0n) is 14.4. The third-order valence-electron chi connectivity index (χ3n) is 4.43. The van der Waals surface area contributed by atoms with E-state index in [9.17, 15) is 0 Å². The van der Waals surface area contributed by atoms with E-state index in [1.54, 1.807) is 0 Å². The summed E-state index contributed by atoms with van der Waals surface area (Å²) in [5.74, 6) is 0.634. The van der Waals surface area contributed by atoms with Crippen LogP contribution >= 0.6 is 22.7 Å². The van der Waals surface area contributed by atoms with Gasteiger partial charge in [-0.15, -0.1) is 22.7 Å². The monoisotopic (exact) mass is 357 g/mol. The second-order valence-electron chi connectivity index (χ2n) is 6.96. The topological polar surface area (TPSA) is 28.2 Å². The Balaban J connectivity index is 1.82. The first-order valence-corrected chi connectivity index (χ1v) is 10.2. The van der Waals surface area contributed by atoms with Crippen LogP contribution in [-0.4, -0.2) is 30.0 Å². The predicted octanol–water partition coefficient (Wildman–Crippen LogP) is 5.08. The molecule has 0 fully saturated rings. The van der Waals surface area contributed by atoms with Crippen molar-refractivity contribution in [2.24, 2.45) is 5.92 Å². The van der Waals surface area contributed by atoms with E-state index in [1.165, 1.54) is 30.7 Å². The van der Waals surface area contributed by atoms with Crippen molar-refractivity contribution >= 4 is 37.9 Å². The molecule has 1 aromatic carbocycles. The number of thiophene rings is 1. The van der Waals surface area contributed by atoms with Crippen molar-refractivity contribution in [2.45, 2.75) is 26.8 Å². The van der Waals surface area contributed by atoms with Gasteiger partial charge in [-0.25, -0.2) is 4.98 Å². The highest BCUT2D eigenvalue weighted by Gasteiger charge is 2.25. The van der Waals surface area contributed by atoms with E-state index in [2.05, 4.69) is 55.4 Å². The van der Waals surface area contributed by atoms with Crippen molar-refractivity contribution in [3.63, 3.8) is 0 Å². The quantitative estimate of drug-likeness (QED) is 0.706. The molecule has 1 aliphatic rings. The molecule has 0 aliphatic carbocycles. The molecular weight excluding hydrogens is 334 g/mol. The lowest BCUT2D eigenvalue weighted by Gasteiger charge is -2.22. The van der Waals surface area contributed by atoms with Crippen LogP contribution in [0.2, 0.25) is 0 Å². The Morgan fingerprint density at radius 1 is 1.25 bits per heavy atom. The van der Waals surface area contributed by atoms with E-state index in [-0.39, 0.29) is 0 Å². The summed E-state index contributed by atoms with van der Waals surface area (Å²) in [6.45, 7) is 7.71. The van der Waals surface area contributed by atoms with Crippen molar-refractivity contribution in [3.05, 3.63) is 34.7 Å². The van der Waals surface area contributed by atoms with Gasteiger partial charge in [0.15, 0.2) is 0 Å². The second-order valence-corrected chi connectivity index (χ2v) is 9.09. The number of likely N-dealkylation sites (N-methyl/N-ethyl adjacent to an activating group) is 1. The zero-order chi connectivity index (χ0) is 16.7. The van der Waals surface area contributed by atoms with E-state index < -0.39 is 0 Å². The lowest BCUT2D eigenvalue weighted by molar-refractivity contribution is 0.317. The molecule has 0 amide bonds. The highest BCUT2D eigenvalue weighted by molar-refractivity contribution is 7.22. The molecule has 4 rings (SSSR count). The normalized spacial score (nSPS) is 15.2. The maximum Gasteiger partial charge on any atom is 0.127 e. The fourth-order valence-electron chi connectivity index (χ4n) is 3.16. The minimum atomic E-state index is 0.634. The first kappa shape index (κ1) is 16.1.